The Morgan fingerprint density at radius 1 is 0.709 bits per heavy atom. The molecule has 11 N–H and O–H groups in total. The standard InChI is InChI=1S/C36H36O19/c37-12-22-26(45)29(48)33(53-24(44)8-2-14-1-7-18(41)19(42)9-14)35(51-22)55-34-30(49)27(46)23(13-38)52-36(34)54-32-28(47)25-20(43)10-17(40)11-21(25)50-31(32)15-3-5-16(39)6-4-15/h1-11,22-23,26-27,29-30,33-43,45-46,48-49H,12-13H2/t22-,23-,26-,27-,29+,30+,33-,34-,35+,36+/m1/s1. The minimum absolute atomic E-state index is 0.114. The lowest BCUT2D eigenvalue weighted by Crippen LogP contribution is -2.65. The topological polar surface area (TPSA) is 316 Å². The molecule has 2 aliphatic rings. The zero-order valence-corrected chi connectivity index (χ0v) is 28.2. The molecule has 10 atom stereocenters. The minimum atomic E-state index is -2.05. The van der Waals surface area contributed by atoms with E-state index in [9.17, 15) is 65.8 Å². The molecule has 55 heavy (non-hydrogen) atoms. The molecule has 0 unspecified atom stereocenters. The Kier molecular flexibility index (Phi) is 11.5. The zero-order valence-electron chi connectivity index (χ0n) is 28.2. The molecule has 2 aliphatic heterocycles. The molecule has 3 heterocycles. The lowest BCUT2D eigenvalue weighted by Gasteiger charge is -2.46. The molecule has 19 heteroatoms. The SMILES string of the molecule is O=C(C=Cc1ccc(O)c(O)c1)O[C@H]1[C@H](O[C@H]2[C@H](Oc3c(-c4ccc(O)cc4)oc4cc(O)cc(O)c4c3=O)O[C@H](CO)[C@@H](O)[C@@H]2O)O[C@H](CO)[C@@H](O)[C@@H]1O. The maximum Gasteiger partial charge on any atom is 0.331 e. The molecule has 0 bridgehead atoms. The molecule has 1 aromatic heterocycles. The number of hydrogen-bond acceptors (Lipinski definition) is 19. The van der Waals surface area contributed by atoms with Crippen molar-refractivity contribution in [1.82, 2.24) is 0 Å². The fraction of sp³-hybridized carbons (Fsp3) is 0.333. The number of esters is 1. The number of benzene rings is 3. The monoisotopic (exact) mass is 772 g/mol. The predicted molar refractivity (Wildman–Crippen MR) is 183 cm³/mol. The summed E-state index contributed by atoms with van der Waals surface area (Å²) in [5.41, 5.74) is -0.981. The summed E-state index contributed by atoms with van der Waals surface area (Å²) < 4.78 is 34.5. The van der Waals surface area contributed by atoms with Gasteiger partial charge in [-0.2, -0.15) is 0 Å². The minimum Gasteiger partial charge on any atom is -0.508 e. The van der Waals surface area contributed by atoms with Gasteiger partial charge in [0.15, 0.2) is 35.8 Å². The Bertz CT molecular complexity index is 2100. The fourth-order valence-corrected chi connectivity index (χ4v) is 6.02. The average Bonchev–Trinajstić information content (AvgIpc) is 3.15. The fourth-order valence-electron chi connectivity index (χ4n) is 6.02. The van der Waals surface area contributed by atoms with Gasteiger partial charge < -0.3 is 84.3 Å². The Morgan fingerprint density at radius 3 is 1.98 bits per heavy atom. The molecule has 2 saturated heterocycles. The molecule has 6 rings (SSSR count). The molecule has 294 valence electrons. The molecule has 0 saturated carbocycles. The number of phenolic OH excluding ortho intramolecular Hbond substituents is 5. The lowest BCUT2D eigenvalue weighted by atomic mass is 9.97. The average molecular weight is 773 g/mol. The third kappa shape index (κ3) is 8.01. The van der Waals surface area contributed by atoms with Gasteiger partial charge >= 0.3 is 5.97 Å². The van der Waals surface area contributed by atoms with Crippen LogP contribution in [0.15, 0.2) is 69.9 Å². The smallest absolute Gasteiger partial charge is 0.331 e. The van der Waals surface area contributed by atoms with E-state index < -0.39 is 120 Å². The number of fused-ring (bicyclic) bond motifs is 1. The first kappa shape index (κ1) is 39.2. The third-order valence-corrected chi connectivity index (χ3v) is 8.89. The van der Waals surface area contributed by atoms with Crippen molar-refractivity contribution in [3.8, 4) is 45.8 Å². The van der Waals surface area contributed by atoms with E-state index in [0.717, 1.165) is 30.3 Å². The van der Waals surface area contributed by atoms with Gasteiger partial charge in [-0.05, 0) is 48.0 Å². The van der Waals surface area contributed by atoms with Gasteiger partial charge in [-0.1, -0.05) is 6.07 Å². The van der Waals surface area contributed by atoms with Gasteiger partial charge in [0.25, 0.3) is 0 Å². The maximum absolute atomic E-state index is 14.0. The van der Waals surface area contributed by atoms with Crippen LogP contribution in [0.2, 0.25) is 0 Å². The highest BCUT2D eigenvalue weighted by Gasteiger charge is 2.53. The van der Waals surface area contributed by atoms with Gasteiger partial charge in [0.05, 0.1) is 13.2 Å². The number of carbonyl (C=O) groups is 1. The number of rotatable bonds is 10. The second kappa shape index (κ2) is 16.1. The van der Waals surface area contributed by atoms with Crippen LogP contribution in [-0.2, 0) is 23.7 Å². The Balaban J connectivity index is 1.37. The maximum atomic E-state index is 14.0. The number of ether oxygens (including phenoxy) is 5. The van der Waals surface area contributed by atoms with E-state index in [1.807, 2.05) is 0 Å². The summed E-state index contributed by atoms with van der Waals surface area (Å²) in [4.78, 5) is 26.9. The molecular formula is C36H36O19. The van der Waals surface area contributed by atoms with Crippen LogP contribution in [0, 0.1) is 0 Å². The van der Waals surface area contributed by atoms with Gasteiger partial charge in [-0.15, -0.1) is 0 Å². The van der Waals surface area contributed by atoms with E-state index in [4.69, 9.17) is 28.1 Å². The number of aromatic hydroxyl groups is 5. The van der Waals surface area contributed by atoms with Crippen molar-refractivity contribution >= 4 is 23.0 Å². The van der Waals surface area contributed by atoms with Gasteiger partial charge in [0.2, 0.25) is 17.5 Å². The number of hydrogen-bond donors (Lipinski definition) is 11. The first-order valence-electron chi connectivity index (χ1n) is 16.5. The van der Waals surface area contributed by atoms with E-state index >= 15 is 0 Å². The van der Waals surface area contributed by atoms with Gasteiger partial charge in [-0.25, -0.2) is 4.79 Å². The molecule has 0 radical (unpaired) electrons. The van der Waals surface area contributed by atoms with Crippen LogP contribution in [-0.4, -0.2) is 137 Å². The van der Waals surface area contributed by atoms with Crippen LogP contribution < -0.4 is 10.2 Å². The number of aliphatic hydroxyl groups excluding tert-OH is 6. The molecule has 3 aromatic carbocycles. The van der Waals surface area contributed by atoms with E-state index in [0.29, 0.717) is 0 Å². The van der Waals surface area contributed by atoms with Gasteiger partial charge in [0, 0.05) is 23.8 Å². The van der Waals surface area contributed by atoms with Crippen molar-refractivity contribution in [3.63, 3.8) is 0 Å². The van der Waals surface area contributed by atoms with E-state index in [1.54, 1.807) is 0 Å². The van der Waals surface area contributed by atoms with Crippen LogP contribution >= 0.6 is 0 Å². The van der Waals surface area contributed by atoms with Gasteiger partial charge in [0.1, 0.15) is 64.8 Å². The van der Waals surface area contributed by atoms with E-state index in [2.05, 4.69) is 0 Å². The van der Waals surface area contributed by atoms with Crippen molar-refractivity contribution in [1.29, 1.82) is 0 Å². The molecular weight excluding hydrogens is 736 g/mol. The van der Waals surface area contributed by atoms with Gasteiger partial charge in [-0.3, -0.25) is 4.79 Å². The number of aliphatic hydroxyl groups is 6. The van der Waals surface area contributed by atoms with Crippen molar-refractivity contribution in [2.45, 2.75) is 61.4 Å². The molecule has 2 fully saturated rings. The van der Waals surface area contributed by atoms with Crippen LogP contribution in [0.4, 0.5) is 0 Å². The summed E-state index contributed by atoms with van der Waals surface area (Å²) in [7, 11) is 0. The second-order valence-corrected chi connectivity index (χ2v) is 12.6. The normalized spacial score (nSPS) is 28.3. The van der Waals surface area contributed by atoms with Crippen LogP contribution in [0.1, 0.15) is 5.56 Å². The van der Waals surface area contributed by atoms with Crippen molar-refractivity contribution in [2.75, 3.05) is 13.2 Å². The predicted octanol–water partition coefficient (Wildman–Crippen LogP) is -0.745. The summed E-state index contributed by atoms with van der Waals surface area (Å²) in [6.45, 7) is -1.79. The first-order chi connectivity index (χ1) is 26.2. The van der Waals surface area contributed by atoms with Crippen LogP contribution in [0.25, 0.3) is 28.4 Å². The largest absolute Gasteiger partial charge is 0.508 e. The highest BCUT2D eigenvalue weighted by Crippen LogP contribution is 2.38. The second-order valence-electron chi connectivity index (χ2n) is 12.6. The Morgan fingerprint density at radius 2 is 1.35 bits per heavy atom. The van der Waals surface area contributed by atoms with Crippen LogP contribution in [0.3, 0.4) is 0 Å². The summed E-state index contributed by atoms with van der Waals surface area (Å²) in [6, 6.07) is 10.7. The highest BCUT2D eigenvalue weighted by molar-refractivity contribution is 5.88. The summed E-state index contributed by atoms with van der Waals surface area (Å²) in [6.07, 6.45) is -16.8. The van der Waals surface area contributed by atoms with Crippen molar-refractivity contribution < 1.29 is 89.1 Å². The molecule has 19 nitrogen and oxygen atoms in total. The number of carbonyl (C=O) groups excluding carboxylic acids is 1. The van der Waals surface area contributed by atoms with E-state index in [-0.39, 0.29) is 28.2 Å². The van der Waals surface area contributed by atoms with Crippen LogP contribution in [0.5, 0.6) is 34.5 Å². The highest BCUT2D eigenvalue weighted by atomic mass is 16.8. The van der Waals surface area contributed by atoms with Crippen molar-refractivity contribution in [2.24, 2.45) is 0 Å². The van der Waals surface area contributed by atoms with E-state index in [1.165, 1.54) is 36.4 Å². The quantitative estimate of drug-likeness (QED) is 0.0537. The number of phenols is 5. The molecule has 0 spiro atoms. The summed E-state index contributed by atoms with van der Waals surface area (Å²) >= 11 is 0. The lowest BCUT2D eigenvalue weighted by molar-refractivity contribution is -0.358. The zero-order chi connectivity index (χ0) is 39.7. The summed E-state index contributed by atoms with van der Waals surface area (Å²) in [5, 5.41) is 113. The molecule has 0 aliphatic carbocycles. The third-order valence-electron chi connectivity index (χ3n) is 8.89. The molecule has 4 aromatic rings. The molecule has 0 amide bonds. The Hall–Kier alpha value is -5.48. The Labute approximate surface area is 308 Å². The summed E-state index contributed by atoms with van der Waals surface area (Å²) in [5.74, 6) is -4.44. The first-order valence-corrected chi connectivity index (χ1v) is 16.5. The van der Waals surface area contributed by atoms with Crippen molar-refractivity contribution in [3.05, 3.63) is 76.5 Å².